The average molecular weight is 368 g/mol. The van der Waals surface area contributed by atoms with Gasteiger partial charge >= 0.3 is 0 Å². The van der Waals surface area contributed by atoms with Crippen molar-refractivity contribution in [2.24, 2.45) is 0 Å². The molecule has 1 aromatic heterocycles. The third-order valence-corrected chi connectivity index (χ3v) is 5.70. The first-order valence-corrected chi connectivity index (χ1v) is 9.99. The summed E-state index contributed by atoms with van der Waals surface area (Å²) in [6.45, 7) is 4.38. The average Bonchev–Trinajstić information content (AvgIpc) is 3.12. The van der Waals surface area contributed by atoms with E-state index in [0.717, 1.165) is 57.7 Å². The number of benzene rings is 1. The van der Waals surface area contributed by atoms with Crippen LogP contribution in [-0.4, -0.2) is 56.3 Å². The number of nitrogens with zero attached hydrogens (tertiary/aromatic N) is 4. The van der Waals surface area contributed by atoms with Crippen LogP contribution in [-0.2, 0) is 19.6 Å². The summed E-state index contributed by atoms with van der Waals surface area (Å²) >= 11 is 0. The van der Waals surface area contributed by atoms with Crippen LogP contribution in [0.5, 0.6) is 0 Å². The topological polar surface area (TPSA) is 61.6 Å². The molecule has 3 heterocycles. The van der Waals surface area contributed by atoms with Gasteiger partial charge in [0.05, 0.1) is 12.2 Å². The quantitative estimate of drug-likeness (QED) is 0.880. The van der Waals surface area contributed by atoms with E-state index in [-0.39, 0.29) is 18.6 Å². The largest absolute Gasteiger partial charge is 0.396 e. The summed E-state index contributed by atoms with van der Waals surface area (Å²) in [5.74, 6) is 0.0182. The summed E-state index contributed by atoms with van der Waals surface area (Å²) in [5, 5.41) is 13.9. The first-order chi connectivity index (χ1) is 13.2. The van der Waals surface area contributed by atoms with E-state index in [1.165, 1.54) is 5.56 Å². The van der Waals surface area contributed by atoms with Crippen LogP contribution in [0.3, 0.4) is 0 Å². The fourth-order valence-electron chi connectivity index (χ4n) is 4.27. The first kappa shape index (κ1) is 18.2. The molecular weight excluding hydrogens is 340 g/mol. The highest BCUT2D eigenvalue weighted by Gasteiger charge is 2.30. The van der Waals surface area contributed by atoms with Gasteiger partial charge in [0.1, 0.15) is 0 Å². The predicted molar refractivity (Wildman–Crippen MR) is 103 cm³/mol. The number of aromatic nitrogens is 2. The van der Waals surface area contributed by atoms with Gasteiger partial charge in [-0.3, -0.25) is 14.4 Å². The van der Waals surface area contributed by atoms with Crippen LogP contribution in [0.15, 0.2) is 36.4 Å². The number of carbonyl (C=O) groups excluding carboxylic acids is 1. The molecule has 1 amide bonds. The maximum Gasteiger partial charge on any atom is 0.274 e. The predicted octanol–water partition coefficient (Wildman–Crippen LogP) is 2.28. The molecule has 1 aromatic carbocycles. The van der Waals surface area contributed by atoms with E-state index >= 15 is 0 Å². The van der Waals surface area contributed by atoms with E-state index in [9.17, 15) is 9.90 Å². The van der Waals surface area contributed by atoms with E-state index < -0.39 is 0 Å². The van der Waals surface area contributed by atoms with Crippen molar-refractivity contribution in [1.29, 1.82) is 0 Å². The van der Waals surface area contributed by atoms with Gasteiger partial charge in [0.25, 0.3) is 5.91 Å². The molecule has 4 rings (SSSR count). The maximum atomic E-state index is 13.0. The zero-order valence-electron chi connectivity index (χ0n) is 15.8. The normalized spacial score (nSPS) is 20.5. The van der Waals surface area contributed by atoms with Crippen LogP contribution in [0.4, 0.5) is 0 Å². The number of aliphatic hydroxyl groups is 1. The lowest BCUT2D eigenvalue weighted by Crippen LogP contribution is -2.44. The third-order valence-electron chi connectivity index (χ3n) is 5.70. The van der Waals surface area contributed by atoms with Crippen molar-refractivity contribution >= 4 is 5.91 Å². The highest BCUT2D eigenvalue weighted by Crippen LogP contribution is 2.23. The highest BCUT2D eigenvalue weighted by molar-refractivity contribution is 5.92. The molecule has 0 radical (unpaired) electrons. The Kier molecular flexibility index (Phi) is 5.55. The Hall–Kier alpha value is -2.18. The molecule has 2 aliphatic heterocycles. The molecule has 27 heavy (non-hydrogen) atoms. The number of amides is 1. The summed E-state index contributed by atoms with van der Waals surface area (Å²) in [6, 6.07) is 12.6. The number of hydrogen-bond donors (Lipinski definition) is 1. The highest BCUT2D eigenvalue weighted by atomic mass is 16.3. The summed E-state index contributed by atoms with van der Waals surface area (Å²) in [6.07, 6.45) is 3.80. The fraction of sp³-hybridized carbons (Fsp3) is 0.524. The van der Waals surface area contributed by atoms with Crippen molar-refractivity contribution in [3.63, 3.8) is 0 Å². The van der Waals surface area contributed by atoms with Gasteiger partial charge in [0.2, 0.25) is 0 Å². The summed E-state index contributed by atoms with van der Waals surface area (Å²) in [5.41, 5.74) is 2.97. The molecule has 0 bridgehead atoms. The fourth-order valence-corrected chi connectivity index (χ4v) is 4.27. The van der Waals surface area contributed by atoms with Crippen LogP contribution in [0.25, 0.3) is 0 Å². The van der Waals surface area contributed by atoms with Crippen molar-refractivity contribution in [2.45, 2.75) is 51.4 Å². The molecular formula is C21H28N4O2. The molecule has 1 N–H and O–H groups in total. The Morgan fingerprint density at radius 3 is 2.81 bits per heavy atom. The second kappa shape index (κ2) is 8.23. The number of aliphatic hydroxyl groups excluding tert-OH is 1. The van der Waals surface area contributed by atoms with E-state index in [2.05, 4.69) is 34.3 Å². The first-order valence-electron chi connectivity index (χ1n) is 9.99. The number of likely N-dealkylation sites (tertiary alicyclic amines) is 1. The second-order valence-electron chi connectivity index (χ2n) is 7.60. The Morgan fingerprint density at radius 1 is 1.15 bits per heavy atom. The molecule has 0 unspecified atom stereocenters. The van der Waals surface area contributed by atoms with E-state index in [1.807, 2.05) is 21.7 Å². The van der Waals surface area contributed by atoms with Crippen molar-refractivity contribution in [2.75, 3.05) is 19.7 Å². The summed E-state index contributed by atoms with van der Waals surface area (Å²) in [4.78, 5) is 17.4. The molecule has 2 aliphatic rings. The van der Waals surface area contributed by atoms with E-state index in [4.69, 9.17) is 0 Å². The van der Waals surface area contributed by atoms with Gasteiger partial charge in [-0.15, -0.1) is 0 Å². The molecule has 1 saturated heterocycles. The Balaban J connectivity index is 1.45. The molecule has 0 spiro atoms. The maximum absolute atomic E-state index is 13.0. The van der Waals surface area contributed by atoms with Gasteiger partial charge in [0, 0.05) is 38.8 Å². The minimum atomic E-state index is 0.0182. The zero-order chi connectivity index (χ0) is 18.6. The van der Waals surface area contributed by atoms with Crippen molar-refractivity contribution in [3.8, 4) is 0 Å². The Labute approximate surface area is 160 Å². The van der Waals surface area contributed by atoms with Gasteiger partial charge in [0.15, 0.2) is 5.69 Å². The van der Waals surface area contributed by atoms with Gasteiger partial charge in [-0.05, 0) is 37.3 Å². The van der Waals surface area contributed by atoms with E-state index in [1.54, 1.807) is 0 Å². The second-order valence-corrected chi connectivity index (χ2v) is 7.60. The van der Waals surface area contributed by atoms with Gasteiger partial charge < -0.3 is 10.0 Å². The molecule has 2 aromatic rings. The summed E-state index contributed by atoms with van der Waals surface area (Å²) in [7, 11) is 0. The Bertz CT molecular complexity index is 772. The molecule has 6 heteroatoms. The minimum absolute atomic E-state index is 0.0182. The van der Waals surface area contributed by atoms with Gasteiger partial charge in [-0.25, -0.2) is 0 Å². The van der Waals surface area contributed by atoms with Crippen LogP contribution >= 0.6 is 0 Å². The van der Waals surface area contributed by atoms with Crippen LogP contribution in [0, 0.1) is 0 Å². The van der Waals surface area contributed by atoms with Crippen LogP contribution in [0.1, 0.15) is 47.4 Å². The summed E-state index contributed by atoms with van der Waals surface area (Å²) < 4.78 is 1.99. The van der Waals surface area contributed by atoms with Crippen LogP contribution in [0.2, 0.25) is 0 Å². The molecule has 6 nitrogen and oxygen atoms in total. The number of piperidine rings is 1. The van der Waals surface area contributed by atoms with Gasteiger partial charge in [-0.2, -0.15) is 5.10 Å². The Morgan fingerprint density at radius 2 is 2.00 bits per heavy atom. The third kappa shape index (κ3) is 4.06. The standard InChI is InChI=1S/C21H28N4O2/c26-13-9-18-8-4-5-10-24(18)21(27)20-14-19-16-23(11-12-25(19)22-20)15-17-6-2-1-3-7-17/h1-3,6-7,14,18,26H,4-5,8-13,15-16H2/t18-/m0/s1. The number of rotatable bonds is 5. The van der Waals surface area contributed by atoms with E-state index in [0.29, 0.717) is 12.1 Å². The van der Waals surface area contributed by atoms with Gasteiger partial charge in [-0.1, -0.05) is 30.3 Å². The van der Waals surface area contributed by atoms with Crippen molar-refractivity contribution in [3.05, 3.63) is 53.3 Å². The number of carbonyl (C=O) groups is 1. The number of fused-ring (bicyclic) bond motifs is 1. The lowest BCUT2D eigenvalue weighted by Gasteiger charge is -2.35. The smallest absolute Gasteiger partial charge is 0.274 e. The lowest BCUT2D eigenvalue weighted by molar-refractivity contribution is 0.0567. The number of hydrogen-bond acceptors (Lipinski definition) is 4. The van der Waals surface area contributed by atoms with Crippen LogP contribution < -0.4 is 0 Å². The molecule has 0 saturated carbocycles. The monoisotopic (exact) mass is 368 g/mol. The molecule has 1 atom stereocenters. The molecule has 0 aliphatic carbocycles. The van der Waals surface area contributed by atoms with Crippen molar-refractivity contribution in [1.82, 2.24) is 19.6 Å². The molecule has 1 fully saturated rings. The minimum Gasteiger partial charge on any atom is -0.396 e. The molecule has 144 valence electrons. The SMILES string of the molecule is O=C(c1cc2n(n1)CCN(Cc1ccccc1)C2)N1CCCC[C@H]1CCO. The lowest BCUT2D eigenvalue weighted by atomic mass is 9.99. The van der Waals surface area contributed by atoms with Crippen molar-refractivity contribution < 1.29 is 9.90 Å². The zero-order valence-corrected chi connectivity index (χ0v) is 15.8.